The van der Waals surface area contributed by atoms with E-state index in [4.69, 9.17) is 22.1 Å². The van der Waals surface area contributed by atoms with E-state index in [1.54, 1.807) is 0 Å². The number of hydrogen-bond donors (Lipinski definition) is 1. The van der Waals surface area contributed by atoms with E-state index >= 15 is 0 Å². The van der Waals surface area contributed by atoms with Gasteiger partial charge in [0.15, 0.2) is 0 Å². The molecule has 3 rings (SSSR count). The molecule has 3 heteroatoms. The summed E-state index contributed by atoms with van der Waals surface area (Å²) in [4.78, 5) is 0. The van der Waals surface area contributed by atoms with Crippen molar-refractivity contribution in [1.82, 2.24) is 0 Å². The van der Waals surface area contributed by atoms with Crippen molar-refractivity contribution in [3.63, 3.8) is 0 Å². The number of nitrogens with two attached hydrogens (primary N) is 1. The van der Waals surface area contributed by atoms with E-state index in [1.807, 2.05) is 42.5 Å². The van der Waals surface area contributed by atoms with Gasteiger partial charge in [-0.3, -0.25) is 0 Å². The molecular weight excluding hydrogens is 270 g/mol. The van der Waals surface area contributed by atoms with Crippen molar-refractivity contribution in [2.24, 2.45) is 5.73 Å². The van der Waals surface area contributed by atoms with E-state index in [-0.39, 0.29) is 6.04 Å². The molecule has 2 N–H and O–H groups in total. The Morgan fingerprint density at radius 2 is 1.90 bits per heavy atom. The highest BCUT2D eigenvalue weighted by atomic mass is 35.5. The van der Waals surface area contributed by atoms with Gasteiger partial charge in [0.25, 0.3) is 0 Å². The van der Waals surface area contributed by atoms with Crippen LogP contribution in [0.4, 0.5) is 0 Å². The topological polar surface area (TPSA) is 35.2 Å². The second-order valence-electron chi connectivity index (χ2n) is 5.33. The van der Waals surface area contributed by atoms with Gasteiger partial charge in [-0.05, 0) is 54.7 Å². The predicted molar refractivity (Wildman–Crippen MR) is 82.2 cm³/mol. The lowest BCUT2D eigenvalue weighted by Crippen LogP contribution is -2.13. The van der Waals surface area contributed by atoms with Crippen molar-refractivity contribution < 1.29 is 4.74 Å². The third kappa shape index (κ3) is 3.53. The zero-order chi connectivity index (χ0) is 13.9. The van der Waals surface area contributed by atoms with Crippen LogP contribution in [0.25, 0.3) is 0 Å². The fourth-order valence-electron chi connectivity index (χ4n) is 2.21. The molecule has 1 aliphatic carbocycles. The standard InChI is InChI=1S/C17H18ClNO/c18-14-3-1-2-12(10-14)11-17(19)13-4-6-15(7-5-13)20-16-8-9-16/h1-7,10,16-17H,8-9,11,19H2. The molecule has 2 nitrogen and oxygen atoms in total. The maximum absolute atomic E-state index is 6.26. The van der Waals surface area contributed by atoms with Gasteiger partial charge >= 0.3 is 0 Å². The number of halogens is 1. The maximum atomic E-state index is 6.26. The molecule has 20 heavy (non-hydrogen) atoms. The van der Waals surface area contributed by atoms with Crippen LogP contribution < -0.4 is 10.5 Å². The summed E-state index contributed by atoms with van der Waals surface area (Å²) in [5, 5.41) is 0.753. The molecule has 0 heterocycles. The van der Waals surface area contributed by atoms with Crippen molar-refractivity contribution in [2.45, 2.75) is 31.4 Å². The van der Waals surface area contributed by atoms with E-state index in [0.717, 1.165) is 28.3 Å². The third-order valence-electron chi connectivity index (χ3n) is 3.48. The lowest BCUT2D eigenvalue weighted by molar-refractivity contribution is 0.303. The highest BCUT2D eigenvalue weighted by molar-refractivity contribution is 6.30. The van der Waals surface area contributed by atoms with Gasteiger partial charge in [0.2, 0.25) is 0 Å². The number of ether oxygens (including phenoxy) is 1. The molecule has 0 spiro atoms. The second kappa shape index (κ2) is 5.86. The van der Waals surface area contributed by atoms with Crippen LogP contribution in [-0.2, 0) is 6.42 Å². The molecule has 0 aromatic heterocycles. The maximum Gasteiger partial charge on any atom is 0.119 e. The Hall–Kier alpha value is -1.51. The molecule has 0 bridgehead atoms. The monoisotopic (exact) mass is 287 g/mol. The summed E-state index contributed by atoms with van der Waals surface area (Å²) < 4.78 is 5.74. The summed E-state index contributed by atoms with van der Waals surface area (Å²) in [6.07, 6.45) is 3.57. The molecular formula is C17H18ClNO. The summed E-state index contributed by atoms with van der Waals surface area (Å²) in [6.45, 7) is 0. The minimum Gasteiger partial charge on any atom is -0.490 e. The first kappa shape index (κ1) is 13.5. The van der Waals surface area contributed by atoms with Crippen LogP contribution in [0.1, 0.15) is 30.0 Å². The predicted octanol–water partition coefficient (Wildman–Crippen LogP) is 4.12. The average molecular weight is 288 g/mol. The lowest BCUT2D eigenvalue weighted by Gasteiger charge is -2.13. The van der Waals surface area contributed by atoms with Crippen LogP contribution in [0.3, 0.4) is 0 Å². The molecule has 0 saturated heterocycles. The van der Waals surface area contributed by atoms with Gasteiger partial charge < -0.3 is 10.5 Å². The molecule has 0 amide bonds. The van der Waals surface area contributed by atoms with Crippen LogP contribution in [0.5, 0.6) is 5.75 Å². The molecule has 0 radical (unpaired) electrons. The van der Waals surface area contributed by atoms with Crippen LogP contribution in [-0.4, -0.2) is 6.10 Å². The molecule has 2 aromatic rings. The molecule has 1 fully saturated rings. The number of hydrogen-bond acceptors (Lipinski definition) is 2. The fraction of sp³-hybridized carbons (Fsp3) is 0.294. The Labute approximate surface area is 124 Å². The van der Waals surface area contributed by atoms with Gasteiger partial charge in [0.05, 0.1) is 6.10 Å². The van der Waals surface area contributed by atoms with Gasteiger partial charge in [0, 0.05) is 11.1 Å². The van der Waals surface area contributed by atoms with E-state index in [1.165, 1.54) is 12.8 Å². The number of rotatable bonds is 5. The van der Waals surface area contributed by atoms with Crippen molar-refractivity contribution in [3.8, 4) is 5.75 Å². The summed E-state index contributed by atoms with van der Waals surface area (Å²) >= 11 is 5.99. The first-order valence-corrected chi connectivity index (χ1v) is 7.35. The Kier molecular flexibility index (Phi) is 3.95. The SMILES string of the molecule is NC(Cc1cccc(Cl)c1)c1ccc(OC2CC2)cc1. The molecule has 1 saturated carbocycles. The molecule has 1 atom stereocenters. The summed E-state index contributed by atoms with van der Waals surface area (Å²) in [5.41, 5.74) is 8.53. The summed E-state index contributed by atoms with van der Waals surface area (Å²) in [7, 11) is 0. The largest absolute Gasteiger partial charge is 0.490 e. The smallest absolute Gasteiger partial charge is 0.119 e. The Balaban J connectivity index is 1.65. The van der Waals surface area contributed by atoms with Crippen LogP contribution in [0, 0.1) is 0 Å². The number of benzene rings is 2. The van der Waals surface area contributed by atoms with Gasteiger partial charge in [-0.1, -0.05) is 35.9 Å². The van der Waals surface area contributed by atoms with Gasteiger partial charge in [0.1, 0.15) is 5.75 Å². The molecule has 1 unspecified atom stereocenters. The van der Waals surface area contributed by atoms with Gasteiger partial charge in [-0.15, -0.1) is 0 Å². The van der Waals surface area contributed by atoms with E-state index in [9.17, 15) is 0 Å². The summed E-state index contributed by atoms with van der Waals surface area (Å²) in [6, 6.07) is 15.9. The minimum atomic E-state index is -0.0246. The normalized spacial score (nSPS) is 15.9. The van der Waals surface area contributed by atoms with Crippen LogP contribution >= 0.6 is 11.6 Å². The van der Waals surface area contributed by atoms with Crippen molar-refractivity contribution in [3.05, 3.63) is 64.7 Å². The summed E-state index contributed by atoms with van der Waals surface area (Å²) in [5.74, 6) is 0.936. The van der Waals surface area contributed by atoms with Crippen molar-refractivity contribution in [2.75, 3.05) is 0 Å². The molecule has 0 aliphatic heterocycles. The van der Waals surface area contributed by atoms with E-state index < -0.39 is 0 Å². The highest BCUT2D eigenvalue weighted by Crippen LogP contribution is 2.27. The van der Waals surface area contributed by atoms with Crippen LogP contribution in [0.15, 0.2) is 48.5 Å². The minimum absolute atomic E-state index is 0.0246. The van der Waals surface area contributed by atoms with Gasteiger partial charge in [-0.25, -0.2) is 0 Å². The van der Waals surface area contributed by atoms with E-state index in [2.05, 4.69) is 6.07 Å². The fourth-order valence-corrected chi connectivity index (χ4v) is 2.42. The van der Waals surface area contributed by atoms with E-state index in [0.29, 0.717) is 6.10 Å². The lowest BCUT2D eigenvalue weighted by atomic mass is 10.00. The average Bonchev–Trinajstić information content (AvgIpc) is 3.23. The molecule has 104 valence electrons. The zero-order valence-electron chi connectivity index (χ0n) is 11.3. The molecule has 2 aromatic carbocycles. The Morgan fingerprint density at radius 1 is 1.15 bits per heavy atom. The van der Waals surface area contributed by atoms with Crippen LogP contribution in [0.2, 0.25) is 5.02 Å². The quantitative estimate of drug-likeness (QED) is 0.897. The van der Waals surface area contributed by atoms with Crippen molar-refractivity contribution in [1.29, 1.82) is 0 Å². The first-order chi connectivity index (χ1) is 9.70. The first-order valence-electron chi connectivity index (χ1n) is 6.97. The zero-order valence-corrected chi connectivity index (χ0v) is 12.0. The van der Waals surface area contributed by atoms with Crippen molar-refractivity contribution >= 4 is 11.6 Å². The molecule has 1 aliphatic rings. The Bertz CT molecular complexity index is 578. The Morgan fingerprint density at radius 3 is 2.55 bits per heavy atom. The second-order valence-corrected chi connectivity index (χ2v) is 5.76. The van der Waals surface area contributed by atoms with Gasteiger partial charge in [-0.2, -0.15) is 0 Å². The third-order valence-corrected chi connectivity index (χ3v) is 3.72. The highest BCUT2D eigenvalue weighted by Gasteiger charge is 2.23.